The Hall–Kier alpha value is -2.37. The van der Waals surface area contributed by atoms with E-state index in [1.807, 2.05) is 0 Å². The molecule has 0 saturated heterocycles. The topological polar surface area (TPSA) is 81.1 Å². The fourth-order valence-electron chi connectivity index (χ4n) is 1.54. The van der Waals surface area contributed by atoms with Gasteiger partial charge in [-0.15, -0.1) is 0 Å². The highest BCUT2D eigenvalue weighted by molar-refractivity contribution is 5.35. The molecule has 0 fully saturated rings. The van der Waals surface area contributed by atoms with E-state index in [0.29, 0.717) is 12.4 Å². The van der Waals surface area contributed by atoms with Gasteiger partial charge in [-0.05, 0) is 25.0 Å². The van der Waals surface area contributed by atoms with Gasteiger partial charge in [-0.3, -0.25) is 10.1 Å². The standard InChI is InChI=1S/C12H13N3O3/c16-15(17)11-3-5-12(6-4-11)18-7-1-2-10-8-13-9-14-10/h3-6,8-9H,1-2,7H2,(H,13,14). The van der Waals surface area contributed by atoms with Gasteiger partial charge in [0, 0.05) is 24.0 Å². The Morgan fingerprint density at radius 2 is 2.11 bits per heavy atom. The third-order valence-corrected chi connectivity index (χ3v) is 2.46. The number of aromatic amines is 1. The highest BCUT2D eigenvalue weighted by Gasteiger charge is 2.04. The molecule has 6 heteroatoms. The van der Waals surface area contributed by atoms with Gasteiger partial charge in [-0.25, -0.2) is 4.98 Å². The molecule has 0 unspecified atom stereocenters. The van der Waals surface area contributed by atoms with Crippen molar-refractivity contribution in [2.75, 3.05) is 6.61 Å². The van der Waals surface area contributed by atoms with Gasteiger partial charge in [-0.1, -0.05) is 0 Å². The SMILES string of the molecule is O=[N+]([O-])c1ccc(OCCCc2cnc[nH]2)cc1. The highest BCUT2D eigenvalue weighted by atomic mass is 16.6. The average Bonchev–Trinajstić information content (AvgIpc) is 2.88. The number of nitro benzene ring substituents is 1. The summed E-state index contributed by atoms with van der Waals surface area (Å²) in [6.07, 6.45) is 5.16. The van der Waals surface area contributed by atoms with Crippen LogP contribution in [0.5, 0.6) is 5.75 Å². The number of imidazole rings is 1. The second kappa shape index (κ2) is 5.81. The van der Waals surface area contributed by atoms with Crippen LogP contribution in [0.25, 0.3) is 0 Å². The quantitative estimate of drug-likeness (QED) is 0.482. The number of hydrogen-bond donors (Lipinski definition) is 1. The fraction of sp³-hybridized carbons (Fsp3) is 0.250. The Kier molecular flexibility index (Phi) is 3.90. The summed E-state index contributed by atoms with van der Waals surface area (Å²) in [6.45, 7) is 0.566. The van der Waals surface area contributed by atoms with E-state index in [1.165, 1.54) is 12.1 Å². The van der Waals surface area contributed by atoms with Crippen molar-refractivity contribution in [3.05, 3.63) is 52.6 Å². The first-order valence-corrected chi connectivity index (χ1v) is 5.60. The molecule has 2 rings (SSSR count). The van der Waals surface area contributed by atoms with Gasteiger partial charge in [0.15, 0.2) is 0 Å². The van der Waals surface area contributed by atoms with E-state index < -0.39 is 4.92 Å². The molecule has 0 aliphatic heterocycles. The molecular weight excluding hydrogens is 234 g/mol. The summed E-state index contributed by atoms with van der Waals surface area (Å²) in [5.74, 6) is 0.644. The van der Waals surface area contributed by atoms with E-state index in [-0.39, 0.29) is 5.69 Å². The number of aryl methyl sites for hydroxylation is 1. The number of nitrogens with one attached hydrogen (secondary N) is 1. The van der Waals surface area contributed by atoms with Crippen LogP contribution in [0.3, 0.4) is 0 Å². The van der Waals surface area contributed by atoms with Gasteiger partial charge in [0.25, 0.3) is 5.69 Å². The molecule has 0 aliphatic rings. The monoisotopic (exact) mass is 247 g/mol. The maximum absolute atomic E-state index is 10.5. The molecule has 0 bridgehead atoms. The molecule has 1 heterocycles. The minimum Gasteiger partial charge on any atom is -0.494 e. The lowest BCUT2D eigenvalue weighted by Crippen LogP contribution is -1.99. The van der Waals surface area contributed by atoms with Crippen LogP contribution in [-0.2, 0) is 6.42 Å². The second-order valence-corrected chi connectivity index (χ2v) is 3.78. The summed E-state index contributed by atoms with van der Waals surface area (Å²) in [4.78, 5) is 17.0. The number of H-pyrrole nitrogens is 1. The zero-order valence-electron chi connectivity index (χ0n) is 9.70. The lowest BCUT2D eigenvalue weighted by molar-refractivity contribution is -0.384. The first-order valence-electron chi connectivity index (χ1n) is 5.60. The van der Waals surface area contributed by atoms with Crippen LogP contribution in [0.4, 0.5) is 5.69 Å². The third-order valence-electron chi connectivity index (χ3n) is 2.46. The Balaban J connectivity index is 1.75. The number of non-ortho nitro benzene ring substituents is 1. The van der Waals surface area contributed by atoms with Crippen LogP contribution in [-0.4, -0.2) is 21.5 Å². The highest BCUT2D eigenvalue weighted by Crippen LogP contribution is 2.17. The van der Waals surface area contributed by atoms with Gasteiger partial charge < -0.3 is 9.72 Å². The van der Waals surface area contributed by atoms with Crippen molar-refractivity contribution in [1.29, 1.82) is 0 Å². The molecule has 0 spiro atoms. The van der Waals surface area contributed by atoms with E-state index in [0.717, 1.165) is 18.5 Å². The molecule has 0 saturated carbocycles. The fourth-order valence-corrected chi connectivity index (χ4v) is 1.54. The van der Waals surface area contributed by atoms with Gasteiger partial charge in [0.05, 0.1) is 17.9 Å². The van der Waals surface area contributed by atoms with Crippen LogP contribution >= 0.6 is 0 Å². The van der Waals surface area contributed by atoms with E-state index in [1.54, 1.807) is 24.7 Å². The molecule has 0 radical (unpaired) electrons. The molecule has 1 aromatic heterocycles. The van der Waals surface area contributed by atoms with Crippen molar-refractivity contribution in [1.82, 2.24) is 9.97 Å². The van der Waals surface area contributed by atoms with Crippen LogP contribution in [0, 0.1) is 10.1 Å². The van der Waals surface area contributed by atoms with Gasteiger partial charge in [-0.2, -0.15) is 0 Å². The normalized spacial score (nSPS) is 10.2. The van der Waals surface area contributed by atoms with Crippen LogP contribution in [0.15, 0.2) is 36.8 Å². The number of rotatable bonds is 6. The predicted molar refractivity (Wildman–Crippen MR) is 65.5 cm³/mol. The van der Waals surface area contributed by atoms with E-state index in [2.05, 4.69) is 9.97 Å². The molecule has 94 valence electrons. The maximum atomic E-state index is 10.5. The van der Waals surface area contributed by atoms with Crippen molar-refractivity contribution < 1.29 is 9.66 Å². The average molecular weight is 247 g/mol. The predicted octanol–water partition coefficient (Wildman–Crippen LogP) is 2.33. The molecular formula is C12H13N3O3. The van der Waals surface area contributed by atoms with E-state index in [9.17, 15) is 10.1 Å². The molecule has 2 aromatic rings. The van der Waals surface area contributed by atoms with Gasteiger partial charge in [0.2, 0.25) is 0 Å². The van der Waals surface area contributed by atoms with Crippen molar-refractivity contribution >= 4 is 5.69 Å². The number of nitrogens with zero attached hydrogens (tertiary/aromatic N) is 2. The minimum absolute atomic E-state index is 0.0693. The number of benzene rings is 1. The molecule has 6 nitrogen and oxygen atoms in total. The summed E-state index contributed by atoms with van der Waals surface area (Å²) in [5, 5.41) is 10.5. The molecule has 0 atom stereocenters. The van der Waals surface area contributed by atoms with Crippen molar-refractivity contribution in [3.8, 4) is 5.75 Å². The van der Waals surface area contributed by atoms with Crippen LogP contribution in [0.2, 0.25) is 0 Å². The smallest absolute Gasteiger partial charge is 0.269 e. The first-order chi connectivity index (χ1) is 8.75. The number of nitro groups is 1. The van der Waals surface area contributed by atoms with Crippen molar-refractivity contribution in [3.63, 3.8) is 0 Å². The molecule has 0 amide bonds. The third kappa shape index (κ3) is 3.31. The molecule has 0 aliphatic carbocycles. The lowest BCUT2D eigenvalue weighted by atomic mass is 10.2. The van der Waals surface area contributed by atoms with E-state index in [4.69, 9.17) is 4.74 Å². The number of aromatic nitrogens is 2. The van der Waals surface area contributed by atoms with Gasteiger partial charge in [0.1, 0.15) is 5.75 Å². The summed E-state index contributed by atoms with van der Waals surface area (Å²) in [7, 11) is 0. The number of hydrogen-bond acceptors (Lipinski definition) is 4. The van der Waals surface area contributed by atoms with Crippen molar-refractivity contribution in [2.45, 2.75) is 12.8 Å². The Morgan fingerprint density at radius 1 is 1.33 bits per heavy atom. The number of ether oxygens (including phenoxy) is 1. The maximum Gasteiger partial charge on any atom is 0.269 e. The summed E-state index contributed by atoms with van der Waals surface area (Å²) in [6, 6.07) is 6.08. The Bertz CT molecular complexity index is 494. The van der Waals surface area contributed by atoms with E-state index >= 15 is 0 Å². The summed E-state index contributed by atoms with van der Waals surface area (Å²) >= 11 is 0. The lowest BCUT2D eigenvalue weighted by Gasteiger charge is -2.04. The molecule has 1 aromatic carbocycles. The van der Waals surface area contributed by atoms with Crippen molar-refractivity contribution in [2.24, 2.45) is 0 Å². The van der Waals surface area contributed by atoms with Crippen LogP contribution < -0.4 is 4.74 Å². The zero-order chi connectivity index (χ0) is 12.8. The first kappa shape index (κ1) is 12.1. The summed E-state index contributed by atoms with van der Waals surface area (Å²) < 4.78 is 5.48. The van der Waals surface area contributed by atoms with Crippen LogP contribution in [0.1, 0.15) is 12.1 Å². The Labute approximate surface area is 104 Å². The second-order valence-electron chi connectivity index (χ2n) is 3.78. The summed E-state index contributed by atoms with van der Waals surface area (Å²) in [5.41, 5.74) is 1.14. The Morgan fingerprint density at radius 3 is 2.72 bits per heavy atom. The molecule has 18 heavy (non-hydrogen) atoms. The minimum atomic E-state index is -0.429. The molecule has 1 N–H and O–H groups in total. The van der Waals surface area contributed by atoms with Gasteiger partial charge >= 0.3 is 0 Å². The largest absolute Gasteiger partial charge is 0.494 e. The zero-order valence-corrected chi connectivity index (χ0v) is 9.70.